The molecule has 1 aliphatic rings. The third-order valence-corrected chi connectivity index (χ3v) is 5.38. The molecule has 0 saturated carbocycles. The zero-order valence-corrected chi connectivity index (χ0v) is 17.2. The van der Waals surface area contributed by atoms with Gasteiger partial charge in [0.1, 0.15) is 0 Å². The van der Waals surface area contributed by atoms with E-state index in [1.54, 1.807) is 11.3 Å². The van der Waals surface area contributed by atoms with E-state index in [9.17, 15) is 0 Å². The Labute approximate surface area is 163 Å². The Morgan fingerprint density at radius 1 is 1.22 bits per heavy atom. The van der Waals surface area contributed by atoms with Crippen LogP contribution in [0.2, 0.25) is 0 Å². The Bertz CT molecular complexity index is 575. The summed E-state index contributed by atoms with van der Waals surface area (Å²) in [6, 6.07) is 6.47. The van der Waals surface area contributed by atoms with Crippen LogP contribution in [0.5, 0.6) is 0 Å². The summed E-state index contributed by atoms with van der Waals surface area (Å²) in [5.41, 5.74) is 1.29. The summed E-state index contributed by atoms with van der Waals surface area (Å²) in [4.78, 5) is 9.63. The van der Waals surface area contributed by atoms with Crippen LogP contribution in [-0.2, 0) is 6.54 Å². The van der Waals surface area contributed by atoms with Crippen molar-refractivity contribution in [2.24, 2.45) is 4.99 Å². The lowest BCUT2D eigenvalue weighted by Gasteiger charge is -2.37. The zero-order valence-electron chi connectivity index (χ0n) is 13.3. The van der Waals surface area contributed by atoms with Gasteiger partial charge >= 0.3 is 0 Å². The van der Waals surface area contributed by atoms with Crippen LogP contribution in [0.4, 0.5) is 5.00 Å². The fraction of sp³-hybridized carbons (Fsp3) is 0.438. The van der Waals surface area contributed by atoms with Gasteiger partial charge in [0.05, 0.1) is 11.5 Å². The fourth-order valence-corrected chi connectivity index (χ4v) is 4.01. The van der Waals surface area contributed by atoms with E-state index < -0.39 is 0 Å². The van der Waals surface area contributed by atoms with E-state index >= 15 is 0 Å². The maximum absolute atomic E-state index is 4.79. The van der Waals surface area contributed by atoms with Crippen LogP contribution >= 0.6 is 46.7 Å². The number of guanidine groups is 1. The van der Waals surface area contributed by atoms with Crippen molar-refractivity contribution in [1.29, 1.82) is 0 Å². The standard InChI is InChI=1S/C16H22N4S2.HI/c1-2-17-16(18-12-14-5-11-21-13-14)20-8-6-19(7-9-20)15-4-3-10-22-15;/h3-5,10-11,13H,2,6-9,12H2,1H3,(H,17,18);1H. The number of halogens is 1. The van der Waals surface area contributed by atoms with Crippen LogP contribution in [0, 0.1) is 0 Å². The van der Waals surface area contributed by atoms with Crippen molar-refractivity contribution in [3.05, 3.63) is 39.9 Å². The lowest BCUT2D eigenvalue weighted by Crippen LogP contribution is -2.52. The van der Waals surface area contributed by atoms with Crippen molar-refractivity contribution in [2.75, 3.05) is 37.6 Å². The van der Waals surface area contributed by atoms with Gasteiger partial charge in [-0.2, -0.15) is 11.3 Å². The number of piperazine rings is 1. The SMILES string of the molecule is CCNC(=NCc1ccsc1)N1CCN(c2cccs2)CC1.I. The van der Waals surface area contributed by atoms with Crippen LogP contribution in [-0.4, -0.2) is 43.6 Å². The molecule has 1 N–H and O–H groups in total. The highest BCUT2D eigenvalue weighted by atomic mass is 127. The molecule has 2 aromatic heterocycles. The first-order valence-electron chi connectivity index (χ1n) is 7.69. The minimum Gasteiger partial charge on any atom is -0.360 e. The summed E-state index contributed by atoms with van der Waals surface area (Å²) < 4.78 is 0. The molecule has 0 atom stereocenters. The summed E-state index contributed by atoms with van der Waals surface area (Å²) in [6.45, 7) is 7.96. The third kappa shape index (κ3) is 5.09. The summed E-state index contributed by atoms with van der Waals surface area (Å²) in [6.07, 6.45) is 0. The van der Waals surface area contributed by atoms with Crippen molar-refractivity contribution in [2.45, 2.75) is 13.5 Å². The molecule has 23 heavy (non-hydrogen) atoms. The Kier molecular flexibility index (Phi) is 7.64. The topological polar surface area (TPSA) is 30.9 Å². The second kappa shape index (κ2) is 9.48. The van der Waals surface area contributed by atoms with Gasteiger partial charge in [0.25, 0.3) is 0 Å². The molecule has 0 radical (unpaired) electrons. The van der Waals surface area contributed by atoms with Crippen molar-refractivity contribution in [3.8, 4) is 0 Å². The molecule has 0 bridgehead atoms. The molecule has 3 rings (SSSR count). The number of nitrogens with one attached hydrogen (secondary N) is 1. The second-order valence-corrected chi connectivity index (χ2v) is 6.93. The van der Waals surface area contributed by atoms with Crippen LogP contribution < -0.4 is 10.2 Å². The third-order valence-electron chi connectivity index (χ3n) is 3.72. The maximum atomic E-state index is 4.79. The highest BCUT2D eigenvalue weighted by Gasteiger charge is 2.20. The van der Waals surface area contributed by atoms with E-state index in [2.05, 4.69) is 56.4 Å². The molecular weight excluding hydrogens is 439 g/mol. The number of hydrogen-bond donors (Lipinski definition) is 1. The summed E-state index contributed by atoms with van der Waals surface area (Å²) in [7, 11) is 0. The number of thiophene rings is 2. The van der Waals surface area contributed by atoms with E-state index in [1.165, 1.54) is 10.6 Å². The van der Waals surface area contributed by atoms with Crippen LogP contribution in [0.1, 0.15) is 12.5 Å². The van der Waals surface area contributed by atoms with Crippen molar-refractivity contribution in [3.63, 3.8) is 0 Å². The lowest BCUT2D eigenvalue weighted by molar-refractivity contribution is 0.373. The Morgan fingerprint density at radius 2 is 2.04 bits per heavy atom. The molecule has 2 aromatic rings. The molecule has 126 valence electrons. The Morgan fingerprint density at radius 3 is 2.65 bits per heavy atom. The maximum Gasteiger partial charge on any atom is 0.194 e. The first-order valence-corrected chi connectivity index (χ1v) is 9.52. The van der Waals surface area contributed by atoms with E-state index in [0.29, 0.717) is 0 Å². The molecule has 0 unspecified atom stereocenters. The predicted molar refractivity (Wildman–Crippen MR) is 113 cm³/mol. The fourth-order valence-electron chi connectivity index (χ4n) is 2.56. The van der Waals surface area contributed by atoms with Crippen LogP contribution in [0.15, 0.2) is 39.3 Å². The molecular formula is C16H23IN4S2. The van der Waals surface area contributed by atoms with Gasteiger partial charge in [0, 0.05) is 32.7 Å². The Balaban J connectivity index is 0.00000192. The van der Waals surface area contributed by atoms with E-state index in [4.69, 9.17) is 4.99 Å². The molecule has 1 saturated heterocycles. The molecule has 0 amide bonds. The number of hydrogen-bond acceptors (Lipinski definition) is 4. The van der Waals surface area contributed by atoms with Crippen molar-refractivity contribution < 1.29 is 0 Å². The Hall–Kier alpha value is -0.800. The number of anilines is 1. The zero-order chi connectivity index (χ0) is 15.2. The van der Waals surface area contributed by atoms with Gasteiger partial charge in [0.2, 0.25) is 0 Å². The normalized spacial score (nSPS) is 15.4. The molecule has 3 heterocycles. The molecule has 0 spiro atoms. The quantitative estimate of drug-likeness (QED) is 0.427. The van der Waals surface area contributed by atoms with E-state index in [0.717, 1.165) is 45.2 Å². The van der Waals surface area contributed by atoms with Gasteiger partial charge in [-0.3, -0.25) is 0 Å². The summed E-state index contributed by atoms with van der Waals surface area (Å²) >= 11 is 3.55. The van der Waals surface area contributed by atoms with Gasteiger partial charge < -0.3 is 15.1 Å². The number of rotatable bonds is 4. The highest BCUT2D eigenvalue weighted by Crippen LogP contribution is 2.22. The van der Waals surface area contributed by atoms with Crippen molar-refractivity contribution >= 4 is 57.6 Å². The minimum atomic E-state index is 0. The average molecular weight is 462 g/mol. The number of aliphatic imine (C=N–C) groups is 1. The predicted octanol–water partition coefficient (Wildman–Crippen LogP) is 3.72. The van der Waals surface area contributed by atoms with E-state index in [1.807, 2.05) is 11.3 Å². The molecule has 1 fully saturated rings. The molecule has 0 aromatic carbocycles. The van der Waals surface area contributed by atoms with Crippen molar-refractivity contribution in [1.82, 2.24) is 10.2 Å². The lowest BCUT2D eigenvalue weighted by atomic mass is 10.3. The van der Waals surface area contributed by atoms with E-state index in [-0.39, 0.29) is 24.0 Å². The minimum absolute atomic E-state index is 0. The summed E-state index contributed by atoms with van der Waals surface area (Å²) in [5.74, 6) is 1.04. The van der Waals surface area contributed by atoms with Crippen LogP contribution in [0.3, 0.4) is 0 Å². The monoisotopic (exact) mass is 462 g/mol. The largest absolute Gasteiger partial charge is 0.360 e. The molecule has 4 nitrogen and oxygen atoms in total. The highest BCUT2D eigenvalue weighted by molar-refractivity contribution is 14.0. The second-order valence-electron chi connectivity index (χ2n) is 5.23. The van der Waals surface area contributed by atoms with Gasteiger partial charge in [-0.1, -0.05) is 0 Å². The first kappa shape index (κ1) is 18.5. The average Bonchev–Trinajstić information content (AvgIpc) is 3.25. The first-order chi connectivity index (χ1) is 10.9. The van der Waals surface area contributed by atoms with Crippen LogP contribution in [0.25, 0.3) is 0 Å². The van der Waals surface area contributed by atoms with Gasteiger partial charge in [0.15, 0.2) is 5.96 Å². The van der Waals surface area contributed by atoms with Gasteiger partial charge in [-0.05, 0) is 46.8 Å². The molecule has 0 aliphatic carbocycles. The van der Waals surface area contributed by atoms with Gasteiger partial charge in [-0.25, -0.2) is 4.99 Å². The molecule has 7 heteroatoms. The number of nitrogens with zero attached hydrogens (tertiary/aromatic N) is 3. The summed E-state index contributed by atoms with van der Waals surface area (Å²) in [5, 5.41) is 11.2. The molecule has 1 aliphatic heterocycles. The van der Waals surface area contributed by atoms with Gasteiger partial charge in [-0.15, -0.1) is 35.3 Å². The smallest absolute Gasteiger partial charge is 0.194 e.